The number of halogens is 1. The lowest BCUT2D eigenvalue weighted by molar-refractivity contribution is 0.309. The van der Waals surface area contributed by atoms with E-state index in [9.17, 15) is 4.39 Å². The molecule has 0 spiro atoms. The fraction of sp³-hybridized carbons (Fsp3) is 0.273. The fourth-order valence-corrected chi connectivity index (χ4v) is 4.08. The van der Waals surface area contributed by atoms with Gasteiger partial charge >= 0.3 is 0 Å². The third kappa shape index (κ3) is 2.99. The molecular formula is C22H21FN4O. The molecule has 1 aliphatic heterocycles. The highest BCUT2D eigenvalue weighted by molar-refractivity contribution is 5.86. The molecule has 2 aromatic carbocycles. The Labute approximate surface area is 162 Å². The summed E-state index contributed by atoms with van der Waals surface area (Å²) in [6.07, 6.45) is 1.63. The van der Waals surface area contributed by atoms with Gasteiger partial charge in [0.15, 0.2) is 5.82 Å². The Morgan fingerprint density at radius 3 is 2.86 bits per heavy atom. The van der Waals surface area contributed by atoms with Gasteiger partial charge in [0.25, 0.3) is 5.89 Å². The zero-order valence-electron chi connectivity index (χ0n) is 15.7. The van der Waals surface area contributed by atoms with Gasteiger partial charge in [0.1, 0.15) is 5.82 Å². The molecule has 2 aromatic heterocycles. The maximum absolute atomic E-state index is 13.9. The molecule has 0 N–H and O–H groups in total. The Morgan fingerprint density at radius 2 is 2.00 bits per heavy atom. The number of hydrogen-bond donors (Lipinski definition) is 0. The molecule has 1 aliphatic rings. The van der Waals surface area contributed by atoms with E-state index in [2.05, 4.69) is 26.7 Å². The van der Waals surface area contributed by atoms with Crippen molar-refractivity contribution in [1.82, 2.24) is 19.6 Å². The average molecular weight is 376 g/mol. The predicted molar refractivity (Wildman–Crippen MR) is 105 cm³/mol. The number of benzene rings is 2. The van der Waals surface area contributed by atoms with E-state index in [1.807, 2.05) is 36.4 Å². The molecule has 0 fully saturated rings. The number of hydrogen-bond acceptors (Lipinski definition) is 4. The molecular weight excluding hydrogens is 355 g/mol. The molecule has 0 amide bonds. The van der Waals surface area contributed by atoms with E-state index in [4.69, 9.17) is 4.52 Å². The Hall–Kier alpha value is -2.99. The van der Waals surface area contributed by atoms with Crippen LogP contribution in [0, 0.1) is 5.82 Å². The summed E-state index contributed by atoms with van der Waals surface area (Å²) in [7, 11) is 2.11. The summed E-state index contributed by atoms with van der Waals surface area (Å²) in [4.78, 5) is 6.82. The lowest BCUT2D eigenvalue weighted by atomic mass is 10.0. The fourth-order valence-electron chi connectivity index (χ4n) is 4.08. The van der Waals surface area contributed by atoms with E-state index in [0.29, 0.717) is 18.1 Å². The monoisotopic (exact) mass is 376 g/mol. The molecule has 0 unspecified atom stereocenters. The van der Waals surface area contributed by atoms with Gasteiger partial charge in [-0.15, -0.1) is 0 Å². The van der Waals surface area contributed by atoms with E-state index < -0.39 is 0 Å². The SMILES string of the molecule is CN1CCc2c(c3cc(F)ccc3n2CCc2noc(-c3ccccc3)n2)C1. The number of nitrogens with zero attached hydrogens (tertiary/aromatic N) is 4. The highest BCUT2D eigenvalue weighted by Crippen LogP contribution is 2.31. The van der Waals surface area contributed by atoms with Gasteiger partial charge in [0.05, 0.1) is 0 Å². The molecule has 6 heteroatoms. The number of fused-ring (bicyclic) bond motifs is 3. The van der Waals surface area contributed by atoms with E-state index in [1.54, 1.807) is 6.07 Å². The first kappa shape index (κ1) is 17.1. The summed E-state index contributed by atoms with van der Waals surface area (Å²) >= 11 is 0. The van der Waals surface area contributed by atoms with Crippen LogP contribution in [0.25, 0.3) is 22.4 Å². The van der Waals surface area contributed by atoms with Gasteiger partial charge in [-0.3, -0.25) is 0 Å². The predicted octanol–water partition coefficient (Wildman–Crippen LogP) is 4.06. The van der Waals surface area contributed by atoms with Crippen LogP contribution in [0.5, 0.6) is 0 Å². The summed E-state index contributed by atoms with van der Waals surface area (Å²) in [6, 6.07) is 14.9. The number of aryl methyl sites for hydroxylation is 2. The van der Waals surface area contributed by atoms with Crippen LogP contribution in [0.1, 0.15) is 17.1 Å². The molecule has 0 radical (unpaired) electrons. The Morgan fingerprint density at radius 1 is 1.14 bits per heavy atom. The first-order valence-corrected chi connectivity index (χ1v) is 9.55. The van der Waals surface area contributed by atoms with E-state index >= 15 is 0 Å². The second kappa shape index (κ2) is 6.87. The molecule has 0 saturated carbocycles. The van der Waals surface area contributed by atoms with Crippen LogP contribution in [0.4, 0.5) is 4.39 Å². The smallest absolute Gasteiger partial charge is 0.257 e. The molecule has 0 atom stereocenters. The molecule has 142 valence electrons. The molecule has 0 bridgehead atoms. The highest BCUT2D eigenvalue weighted by Gasteiger charge is 2.23. The molecule has 28 heavy (non-hydrogen) atoms. The van der Waals surface area contributed by atoms with Gasteiger partial charge in [0.2, 0.25) is 0 Å². The van der Waals surface area contributed by atoms with Crippen molar-refractivity contribution in [1.29, 1.82) is 0 Å². The average Bonchev–Trinajstić information content (AvgIpc) is 3.30. The van der Waals surface area contributed by atoms with Crippen LogP contribution in [0.3, 0.4) is 0 Å². The zero-order valence-corrected chi connectivity index (χ0v) is 15.7. The first-order valence-electron chi connectivity index (χ1n) is 9.55. The Bertz CT molecular complexity index is 1130. The molecule has 3 heterocycles. The van der Waals surface area contributed by atoms with Gasteiger partial charge in [-0.25, -0.2) is 4.39 Å². The number of likely N-dealkylation sites (N-methyl/N-ethyl adjacent to an activating group) is 1. The molecule has 0 aliphatic carbocycles. The zero-order chi connectivity index (χ0) is 19.1. The van der Waals surface area contributed by atoms with Gasteiger partial charge in [-0.2, -0.15) is 4.98 Å². The van der Waals surface area contributed by atoms with Gasteiger partial charge < -0.3 is 14.0 Å². The largest absolute Gasteiger partial charge is 0.344 e. The maximum atomic E-state index is 13.9. The van der Waals surface area contributed by atoms with Crippen LogP contribution < -0.4 is 0 Å². The van der Waals surface area contributed by atoms with Crippen molar-refractivity contribution >= 4 is 10.9 Å². The lowest BCUT2D eigenvalue weighted by Crippen LogP contribution is -2.27. The summed E-state index contributed by atoms with van der Waals surface area (Å²) in [5, 5.41) is 5.16. The minimum absolute atomic E-state index is 0.189. The minimum atomic E-state index is -0.189. The standard InChI is InChI=1S/C22H21FN4O/c1-26-11-9-20-18(14-26)17-13-16(23)7-8-19(17)27(20)12-10-21-24-22(28-25-21)15-5-3-2-4-6-15/h2-8,13H,9-12,14H2,1H3. The van der Waals surface area contributed by atoms with Crippen molar-refractivity contribution in [3.63, 3.8) is 0 Å². The van der Waals surface area contributed by atoms with Crippen LogP contribution in [-0.2, 0) is 25.9 Å². The van der Waals surface area contributed by atoms with Crippen LogP contribution in [-0.4, -0.2) is 33.2 Å². The van der Waals surface area contributed by atoms with Crippen LogP contribution in [0.2, 0.25) is 0 Å². The summed E-state index contributed by atoms with van der Waals surface area (Å²) in [5.41, 5.74) is 4.53. The minimum Gasteiger partial charge on any atom is -0.344 e. The van der Waals surface area contributed by atoms with E-state index in [-0.39, 0.29) is 5.82 Å². The summed E-state index contributed by atoms with van der Waals surface area (Å²) < 4.78 is 21.6. The molecule has 5 rings (SSSR count). The van der Waals surface area contributed by atoms with Gasteiger partial charge in [-0.05, 0) is 42.9 Å². The molecule has 0 saturated heterocycles. The van der Waals surface area contributed by atoms with Crippen molar-refractivity contribution in [3.8, 4) is 11.5 Å². The van der Waals surface area contributed by atoms with E-state index in [1.165, 1.54) is 17.3 Å². The van der Waals surface area contributed by atoms with Crippen molar-refractivity contribution in [2.75, 3.05) is 13.6 Å². The van der Waals surface area contributed by atoms with Crippen molar-refractivity contribution in [2.45, 2.75) is 25.9 Å². The van der Waals surface area contributed by atoms with Crippen molar-refractivity contribution < 1.29 is 8.91 Å². The third-order valence-electron chi connectivity index (χ3n) is 5.45. The lowest BCUT2D eigenvalue weighted by Gasteiger charge is -2.24. The van der Waals surface area contributed by atoms with Crippen LogP contribution >= 0.6 is 0 Å². The highest BCUT2D eigenvalue weighted by atomic mass is 19.1. The molecule has 4 aromatic rings. The van der Waals surface area contributed by atoms with Gasteiger partial charge in [-0.1, -0.05) is 23.4 Å². The quantitative estimate of drug-likeness (QED) is 0.539. The second-order valence-electron chi connectivity index (χ2n) is 7.36. The van der Waals surface area contributed by atoms with Crippen molar-refractivity contribution in [2.24, 2.45) is 0 Å². The maximum Gasteiger partial charge on any atom is 0.257 e. The Balaban J connectivity index is 1.45. The normalized spacial score (nSPS) is 14.5. The first-order chi connectivity index (χ1) is 13.7. The summed E-state index contributed by atoms with van der Waals surface area (Å²) in [5.74, 6) is 1.04. The second-order valence-corrected chi connectivity index (χ2v) is 7.36. The molecule has 5 nitrogen and oxygen atoms in total. The third-order valence-corrected chi connectivity index (χ3v) is 5.45. The summed E-state index contributed by atoms with van der Waals surface area (Å²) in [6.45, 7) is 2.60. The van der Waals surface area contributed by atoms with Crippen molar-refractivity contribution in [3.05, 3.63) is 71.4 Å². The Kier molecular flexibility index (Phi) is 4.20. The van der Waals surface area contributed by atoms with Crippen LogP contribution in [0.15, 0.2) is 53.1 Å². The van der Waals surface area contributed by atoms with E-state index in [0.717, 1.165) is 42.5 Å². The van der Waals surface area contributed by atoms with Gasteiger partial charge in [0, 0.05) is 54.6 Å². The number of rotatable bonds is 4. The topological polar surface area (TPSA) is 47.1 Å². The number of aromatic nitrogens is 3.